The summed E-state index contributed by atoms with van der Waals surface area (Å²) in [6.45, 7) is 9.28. The van der Waals surface area contributed by atoms with Gasteiger partial charge in [0.2, 0.25) is 10.0 Å². The minimum absolute atomic E-state index is 0.0354. The van der Waals surface area contributed by atoms with Gasteiger partial charge in [-0.3, -0.25) is 0 Å². The molecule has 2 atom stereocenters. The standard InChI is InChI=1S/C24H32Cl3NO4S/c1-16(12-25)14-32-23-21(26)10-19(11-22(23)27)24(3,4)18-6-8-20(9-7-18)31-15-17(2)13-28-33(5,29)30/h6-11,16-17,28H,12-15H2,1-5H3/t16-,17-/m0/s1. The molecule has 2 aromatic rings. The molecule has 0 spiro atoms. The minimum atomic E-state index is -3.21. The van der Waals surface area contributed by atoms with Gasteiger partial charge in [-0.15, -0.1) is 11.6 Å². The van der Waals surface area contributed by atoms with Crippen LogP contribution in [0.25, 0.3) is 0 Å². The quantitative estimate of drug-likeness (QED) is 0.331. The summed E-state index contributed by atoms with van der Waals surface area (Å²) in [7, 11) is -3.21. The number of halogens is 3. The summed E-state index contributed by atoms with van der Waals surface area (Å²) in [6, 6.07) is 11.6. The maximum absolute atomic E-state index is 11.2. The van der Waals surface area contributed by atoms with Crippen LogP contribution in [-0.4, -0.2) is 40.3 Å². The molecule has 0 heterocycles. The van der Waals surface area contributed by atoms with Crippen LogP contribution in [0.15, 0.2) is 36.4 Å². The topological polar surface area (TPSA) is 64.6 Å². The van der Waals surface area contributed by atoms with Crippen molar-refractivity contribution in [2.75, 3.05) is 31.9 Å². The maximum Gasteiger partial charge on any atom is 0.208 e. The summed E-state index contributed by atoms with van der Waals surface area (Å²) in [4.78, 5) is 0. The van der Waals surface area contributed by atoms with Crippen molar-refractivity contribution in [3.05, 3.63) is 57.6 Å². The Morgan fingerprint density at radius 3 is 2.00 bits per heavy atom. The van der Waals surface area contributed by atoms with E-state index in [0.717, 1.165) is 17.4 Å². The van der Waals surface area contributed by atoms with E-state index in [0.29, 0.717) is 47.2 Å². The molecule has 2 rings (SSSR count). The first-order valence-corrected chi connectivity index (χ1v) is 13.9. The van der Waals surface area contributed by atoms with Crippen LogP contribution in [0.4, 0.5) is 0 Å². The molecule has 0 unspecified atom stereocenters. The summed E-state index contributed by atoms with van der Waals surface area (Å²) < 4.78 is 36.5. The predicted octanol–water partition coefficient (Wildman–Crippen LogP) is 6.14. The van der Waals surface area contributed by atoms with Gasteiger partial charge in [-0.2, -0.15) is 0 Å². The summed E-state index contributed by atoms with van der Waals surface area (Å²) in [5, 5.41) is 0.924. The van der Waals surface area contributed by atoms with E-state index < -0.39 is 10.0 Å². The Morgan fingerprint density at radius 1 is 0.939 bits per heavy atom. The molecule has 0 aliphatic rings. The lowest BCUT2D eigenvalue weighted by Gasteiger charge is -2.27. The molecule has 184 valence electrons. The summed E-state index contributed by atoms with van der Waals surface area (Å²) in [5.41, 5.74) is 1.67. The Balaban J connectivity index is 2.09. The second-order valence-electron chi connectivity index (χ2n) is 9.03. The molecule has 0 aliphatic carbocycles. The number of alkyl halides is 1. The summed E-state index contributed by atoms with van der Waals surface area (Å²) in [6.07, 6.45) is 1.14. The van der Waals surface area contributed by atoms with Crippen molar-refractivity contribution in [2.24, 2.45) is 11.8 Å². The van der Waals surface area contributed by atoms with Crippen LogP contribution in [0.1, 0.15) is 38.8 Å². The van der Waals surface area contributed by atoms with Crippen LogP contribution >= 0.6 is 34.8 Å². The van der Waals surface area contributed by atoms with Gasteiger partial charge >= 0.3 is 0 Å². The average molecular weight is 537 g/mol. The number of rotatable bonds is 12. The Hall–Kier alpha value is -1.18. The van der Waals surface area contributed by atoms with Gasteiger partial charge in [0.25, 0.3) is 0 Å². The predicted molar refractivity (Wildman–Crippen MR) is 138 cm³/mol. The van der Waals surface area contributed by atoms with Crippen molar-refractivity contribution in [1.29, 1.82) is 0 Å². The van der Waals surface area contributed by atoms with Crippen molar-refractivity contribution in [2.45, 2.75) is 33.1 Å². The molecule has 1 N–H and O–H groups in total. The first-order chi connectivity index (χ1) is 15.3. The molecule has 0 bridgehead atoms. The molecule has 2 aromatic carbocycles. The van der Waals surface area contributed by atoms with Gasteiger partial charge in [0.15, 0.2) is 5.75 Å². The largest absolute Gasteiger partial charge is 0.493 e. The van der Waals surface area contributed by atoms with Crippen LogP contribution in [0.5, 0.6) is 11.5 Å². The zero-order valence-electron chi connectivity index (χ0n) is 19.6. The van der Waals surface area contributed by atoms with Gasteiger partial charge in [0, 0.05) is 29.7 Å². The van der Waals surface area contributed by atoms with Crippen LogP contribution in [0, 0.1) is 11.8 Å². The smallest absolute Gasteiger partial charge is 0.208 e. The average Bonchev–Trinajstić information content (AvgIpc) is 2.75. The SMILES string of the molecule is C[C@@H](CNS(C)(=O)=O)COc1ccc(C(C)(C)c2cc(Cl)c(OC[C@@H](C)CCl)c(Cl)c2)cc1. The van der Waals surface area contributed by atoms with Crippen molar-refractivity contribution in [3.8, 4) is 11.5 Å². The Morgan fingerprint density at radius 2 is 1.48 bits per heavy atom. The highest BCUT2D eigenvalue weighted by Gasteiger charge is 2.26. The number of nitrogens with one attached hydrogen (secondary N) is 1. The molecular formula is C24H32Cl3NO4S. The van der Waals surface area contributed by atoms with Crippen molar-refractivity contribution >= 4 is 44.8 Å². The Kier molecular flexibility index (Phi) is 10.2. The number of ether oxygens (including phenoxy) is 2. The highest BCUT2D eigenvalue weighted by Crippen LogP contribution is 2.40. The van der Waals surface area contributed by atoms with Gasteiger partial charge < -0.3 is 9.47 Å². The molecule has 5 nitrogen and oxygen atoms in total. The number of benzene rings is 2. The van der Waals surface area contributed by atoms with E-state index in [9.17, 15) is 8.42 Å². The summed E-state index contributed by atoms with van der Waals surface area (Å²) in [5.74, 6) is 1.91. The van der Waals surface area contributed by atoms with Gasteiger partial charge in [0.1, 0.15) is 5.75 Å². The van der Waals surface area contributed by atoms with Crippen LogP contribution in [0.2, 0.25) is 10.0 Å². The van der Waals surface area contributed by atoms with E-state index >= 15 is 0 Å². The lowest BCUT2D eigenvalue weighted by molar-refractivity contribution is 0.261. The molecule has 33 heavy (non-hydrogen) atoms. The van der Waals surface area contributed by atoms with Gasteiger partial charge in [-0.05, 0) is 35.4 Å². The number of sulfonamides is 1. The third-order valence-electron chi connectivity index (χ3n) is 5.30. The Labute approximate surface area is 212 Å². The van der Waals surface area contributed by atoms with E-state index in [1.165, 1.54) is 0 Å². The van der Waals surface area contributed by atoms with Crippen molar-refractivity contribution in [1.82, 2.24) is 4.72 Å². The molecule has 0 fully saturated rings. The fraction of sp³-hybridized carbons (Fsp3) is 0.500. The highest BCUT2D eigenvalue weighted by atomic mass is 35.5. The van der Waals surface area contributed by atoms with E-state index in [1.807, 2.05) is 50.2 Å². The van der Waals surface area contributed by atoms with E-state index in [-0.39, 0.29) is 17.3 Å². The monoisotopic (exact) mass is 535 g/mol. The van der Waals surface area contributed by atoms with Crippen LogP contribution in [-0.2, 0) is 15.4 Å². The minimum Gasteiger partial charge on any atom is -0.493 e. The number of hydrogen-bond acceptors (Lipinski definition) is 4. The van der Waals surface area contributed by atoms with Crippen molar-refractivity contribution in [3.63, 3.8) is 0 Å². The highest BCUT2D eigenvalue weighted by molar-refractivity contribution is 7.88. The van der Waals surface area contributed by atoms with E-state index in [4.69, 9.17) is 44.3 Å². The lowest BCUT2D eigenvalue weighted by Crippen LogP contribution is -2.29. The molecular weight excluding hydrogens is 505 g/mol. The van der Waals surface area contributed by atoms with Crippen molar-refractivity contribution < 1.29 is 17.9 Å². The van der Waals surface area contributed by atoms with Crippen LogP contribution in [0.3, 0.4) is 0 Å². The molecule has 0 saturated heterocycles. The third kappa shape index (κ3) is 8.52. The Bertz CT molecular complexity index is 1000. The lowest BCUT2D eigenvalue weighted by atomic mass is 9.78. The van der Waals surface area contributed by atoms with Gasteiger partial charge in [-0.1, -0.05) is 63.0 Å². The summed E-state index contributed by atoms with van der Waals surface area (Å²) >= 11 is 18.8. The van der Waals surface area contributed by atoms with E-state index in [2.05, 4.69) is 18.6 Å². The third-order valence-corrected chi connectivity index (χ3v) is 7.08. The second kappa shape index (κ2) is 12.0. The van der Waals surface area contributed by atoms with Gasteiger partial charge in [0.05, 0.1) is 29.5 Å². The molecule has 0 saturated carbocycles. The molecule has 0 aliphatic heterocycles. The first-order valence-electron chi connectivity index (χ1n) is 10.7. The molecule has 9 heteroatoms. The molecule has 0 amide bonds. The fourth-order valence-corrected chi connectivity index (χ4v) is 4.33. The van der Waals surface area contributed by atoms with E-state index in [1.54, 1.807) is 0 Å². The van der Waals surface area contributed by atoms with Gasteiger partial charge in [-0.25, -0.2) is 13.1 Å². The zero-order valence-corrected chi connectivity index (χ0v) is 22.7. The fourth-order valence-electron chi connectivity index (χ4n) is 3.05. The maximum atomic E-state index is 11.2. The first kappa shape index (κ1) is 28.1. The zero-order chi connectivity index (χ0) is 24.8. The second-order valence-corrected chi connectivity index (χ2v) is 12.0. The molecule has 0 aromatic heterocycles. The van der Waals surface area contributed by atoms with Crippen LogP contribution < -0.4 is 14.2 Å². The normalized spacial score (nSPS) is 14.1. The molecule has 0 radical (unpaired) electrons. The number of hydrogen-bond donors (Lipinski definition) is 1.